The van der Waals surface area contributed by atoms with Crippen molar-refractivity contribution < 1.29 is 0 Å². The number of nitrogens with zero attached hydrogens (tertiary/aromatic N) is 1. The van der Waals surface area contributed by atoms with Gasteiger partial charge in [0, 0.05) is 11.8 Å². The van der Waals surface area contributed by atoms with Gasteiger partial charge in [0.05, 0.1) is 10.7 Å². The van der Waals surface area contributed by atoms with E-state index in [-0.39, 0.29) is 0 Å². The predicted molar refractivity (Wildman–Crippen MR) is 74.4 cm³/mol. The van der Waals surface area contributed by atoms with Gasteiger partial charge in [-0.05, 0) is 31.7 Å². The van der Waals surface area contributed by atoms with E-state index in [1.54, 1.807) is 0 Å². The zero-order valence-corrected chi connectivity index (χ0v) is 11.5. The fraction of sp³-hybridized carbons (Fsp3) is 0.786. The largest absolute Gasteiger partial charge is 0.330 e. The van der Waals surface area contributed by atoms with Crippen molar-refractivity contribution in [3.63, 3.8) is 0 Å². The SMILES string of the molecule is NCCCc1nc(CCC2CCCCC2)cs1. The summed E-state index contributed by atoms with van der Waals surface area (Å²) in [6.07, 6.45) is 11.9. The van der Waals surface area contributed by atoms with Gasteiger partial charge in [-0.2, -0.15) is 0 Å². The lowest BCUT2D eigenvalue weighted by atomic mass is 9.86. The van der Waals surface area contributed by atoms with E-state index < -0.39 is 0 Å². The van der Waals surface area contributed by atoms with Crippen LogP contribution in [0.25, 0.3) is 0 Å². The molecule has 3 heteroatoms. The van der Waals surface area contributed by atoms with Crippen molar-refractivity contribution in [3.8, 4) is 0 Å². The molecule has 1 fully saturated rings. The van der Waals surface area contributed by atoms with E-state index in [1.165, 1.54) is 55.6 Å². The molecule has 96 valence electrons. The Morgan fingerprint density at radius 1 is 1.24 bits per heavy atom. The summed E-state index contributed by atoms with van der Waals surface area (Å²) < 4.78 is 0. The van der Waals surface area contributed by atoms with Crippen molar-refractivity contribution in [3.05, 3.63) is 16.1 Å². The highest BCUT2D eigenvalue weighted by molar-refractivity contribution is 7.09. The number of nitrogens with two attached hydrogens (primary N) is 1. The molecule has 0 radical (unpaired) electrons. The first-order valence-electron chi connectivity index (χ1n) is 7.02. The Labute approximate surface area is 109 Å². The molecule has 0 unspecified atom stereocenters. The highest BCUT2D eigenvalue weighted by Gasteiger charge is 2.13. The summed E-state index contributed by atoms with van der Waals surface area (Å²) in [5.41, 5.74) is 6.83. The highest BCUT2D eigenvalue weighted by Crippen LogP contribution is 2.27. The van der Waals surface area contributed by atoms with Crippen LogP contribution in [0.15, 0.2) is 5.38 Å². The topological polar surface area (TPSA) is 38.9 Å². The molecule has 0 spiro atoms. The summed E-state index contributed by atoms with van der Waals surface area (Å²) in [5.74, 6) is 0.970. The molecule has 1 aromatic rings. The van der Waals surface area contributed by atoms with Crippen LogP contribution in [0, 0.1) is 5.92 Å². The molecule has 0 aromatic carbocycles. The molecule has 0 amide bonds. The molecule has 2 N–H and O–H groups in total. The van der Waals surface area contributed by atoms with Crippen molar-refractivity contribution >= 4 is 11.3 Å². The van der Waals surface area contributed by atoms with E-state index in [9.17, 15) is 0 Å². The van der Waals surface area contributed by atoms with Gasteiger partial charge in [-0.3, -0.25) is 0 Å². The van der Waals surface area contributed by atoms with Crippen LogP contribution in [-0.2, 0) is 12.8 Å². The molecule has 0 atom stereocenters. The molecule has 1 aromatic heterocycles. The van der Waals surface area contributed by atoms with E-state index in [4.69, 9.17) is 10.7 Å². The lowest BCUT2D eigenvalue weighted by Gasteiger charge is -2.20. The summed E-state index contributed by atoms with van der Waals surface area (Å²) in [6.45, 7) is 0.775. The van der Waals surface area contributed by atoms with Gasteiger partial charge in [0.2, 0.25) is 0 Å². The van der Waals surface area contributed by atoms with Gasteiger partial charge in [-0.15, -0.1) is 11.3 Å². The van der Waals surface area contributed by atoms with Gasteiger partial charge in [0.15, 0.2) is 0 Å². The van der Waals surface area contributed by atoms with Crippen LogP contribution in [-0.4, -0.2) is 11.5 Å². The van der Waals surface area contributed by atoms with Crippen molar-refractivity contribution in [1.29, 1.82) is 0 Å². The molecule has 0 bridgehead atoms. The molecular formula is C14H24N2S. The first kappa shape index (κ1) is 13.0. The molecule has 1 saturated carbocycles. The van der Waals surface area contributed by atoms with Crippen molar-refractivity contribution in [2.75, 3.05) is 6.54 Å². The first-order chi connectivity index (χ1) is 8.38. The summed E-state index contributed by atoms with van der Waals surface area (Å²) in [5, 5.41) is 3.52. The normalized spacial score (nSPS) is 17.5. The van der Waals surface area contributed by atoms with Crippen molar-refractivity contribution in [2.24, 2.45) is 11.7 Å². The molecule has 17 heavy (non-hydrogen) atoms. The average molecular weight is 252 g/mol. The Morgan fingerprint density at radius 3 is 2.82 bits per heavy atom. The lowest BCUT2D eigenvalue weighted by molar-refractivity contribution is 0.338. The maximum atomic E-state index is 5.52. The number of aromatic nitrogens is 1. The maximum absolute atomic E-state index is 5.52. The number of rotatable bonds is 6. The van der Waals surface area contributed by atoms with Crippen LogP contribution in [0.5, 0.6) is 0 Å². The summed E-state index contributed by atoms with van der Waals surface area (Å²) in [7, 11) is 0. The van der Waals surface area contributed by atoms with E-state index in [1.807, 2.05) is 11.3 Å². The van der Waals surface area contributed by atoms with E-state index in [2.05, 4.69) is 5.38 Å². The second kappa shape index (κ2) is 7.12. The van der Waals surface area contributed by atoms with Crippen LogP contribution in [0.2, 0.25) is 0 Å². The Hall–Kier alpha value is -0.410. The van der Waals surface area contributed by atoms with E-state index in [0.717, 1.165) is 25.3 Å². The Balaban J connectivity index is 1.72. The Bertz CT molecular complexity index is 316. The van der Waals surface area contributed by atoms with Gasteiger partial charge in [-0.1, -0.05) is 32.1 Å². The van der Waals surface area contributed by atoms with Gasteiger partial charge in [0.25, 0.3) is 0 Å². The quantitative estimate of drug-likeness (QED) is 0.841. The number of hydrogen-bond acceptors (Lipinski definition) is 3. The molecule has 2 rings (SSSR count). The van der Waals surface area contributed by atoms with Gasteiger partial charge in [0.1, 0.15) is 0 Å². The van der Waals surface area contributed by atoms with E-state index in [0.29, 0.717) is 0 Å². The summed E-state index contributed by atoms with van der Waals surface area (Å²) >= 11 is 1.81. The maximum Gasteiger partial charge on any atom is 0.0928 e. The van der Waals surface area contributed by atoms with Crippen LogP contribution in [0.3, 0.4) is 0 Å². The predicted octanol–water partition coefficient (Wildman–Crippen LogP) is 3.55. The third kappa shape index (κ3) is 4.40. The fourth-order valence-electron chi connectivity index (χ4n) is 2.66. The second-order valence-corrected chi connectivity index (χ2v) is 6.11. The zero-order valence-electron chi connectivity index (χ0n) is 10.7. The molecule has 1 aliphatic carbocycles. The van der Waals surface area contributed by atoms with Gasteiger partial charge in [-0.25, -0.2) is 4.98 Å². The number of hydrogen-bond donors (Lipinski definition) is 1. The van der Waals surface area contributed by atoms with E-state index >= 15 is 0 Å². The standard InChI is InChI=1S/C14H24N2S/c15-10-4-7-14-16-13(11-17-14)9-8-12-5-2-1-3-6-12/h11-12H,1-10,15H2. The Morgan fingerprint density at radius 2 is 2.06 bits per heavy atom. The fourth-order valence-corrected chi connectivity index (χ4v) is 3.53. The monoisotopic (exact) mass is 252 g/mol. The minimum Gasteiger partial charge on any atom is -0.330 e. The molecule has 1 aliphatic rings. The third-order valence-corrected chi connectivity index (χ3v) is 4.68. The zero-order chi connectivity index (χ0) is 11.9. The first-order valence-corrected chi connectivity index (χ1v) is 7.90. The minimum atomic E-state index is 0.775. The summed E-state index contributed by atoms with van der Waals surface area (Å²) in [6, 6.07) is 0. The Kier molecular flexibility index (Phi) is 5.46. The van der Waals surface area contributed by atoms with Crippen molar-refractivity contribution in [1.82, 2.24) is 4.98 Å². The lowest BCUT2D eigenvalue weighted by Crippen LogP contribution is -2.07. The average Bonchev–Trinajstić information content (AvgIpc) is 2.83. The smallest absolute Gasteiger partial charge is 0.0928 e. The summed E-state index contributed by atoms with van der Waals surface area (Å²) in [4.78, 5) is 4.70. The van der Waals surface area contributed by atoms with Gasteiger partial charge < -0.3 is 5.73 Å². The molecule has 0 saturated heterocycles. The minimum absolute atomic E-state index is 0.775. The van der Waals surface area contributed by atoms with Crippen LogP contribution < -0.4 is 5.73 Å². The number of thiazole rings is 1. The molecule has 0 aliphatic heterocycles. The van der Waals surface area contributed by atoms with Crippen LogP contribution in [0.4, 0.5) is 0 Å². The molecule has 1 heterocycles. The highest BCUT2D eigenvalue weighted by atomic mass is 32.1. The van der Waals surface area contributed by atoms with Crippen LogP contribution in [0.1, 0.15) is 55.6 Å². The third-order valence-electron chi connectivity index (χ3n) is 3.73. The van der Waals surface area contributed by atoms with Crippen LogP contribution >= 0.6 is 11.3 Å². The van der Waals surface area contributed by atoms with Crippen molar-refractivity contribution in [2.45, 2.75) is 57.8 Å². The molecular weight excluding hydrogens is 228 g/mol. The number of aryl methyl sites for hydroxylation is 2. The molecule has 2 nitrogen and oxygen atoms in total. The second-order valence-electron chi connectivity index (χ2n) is 5.17. The van der Waals surface area contributed by atoms with Gasteiger partial charge >= 0.3 is 0 Å².